The van der Waals surface area contributed by atoms with E-state index >= 15 is 0 Å². The topological polar surface area (TPSA) is 55.7 Å². The van der Waals surface area contributed by atoms with Gasteiger partial charge in [0, 0.05) is 23.0 Å². The normalized spacial score (nSPS) is 14.6. The van der Waals surface area contributed by atoms with E-state index in [-0.39, 0.29) is 4.90 Å². The smallest absolute Gasteiger partial charge is 0.261 e. The van der Waals surface area contributed by atoms with Crippen LogP contribution in [0.1, 0.15) is 0 Å². The van der Waals surface area contributed by atoms with Crippen molar-refractivity contribution in [2.24, 2.45) is 4.99 Å². The van der Waals surface area contributed by atoms with Crippen molar-refractivity contribution >= 4 is 31.6 Å². The minimum atomic E-state index is -3.70. The van der Waals surface area contributed by atoms with Crippen LogP contribution in [0.15, 0.2) is 28.1 Å². The van der Waals surface area contributed by atoms with Gasteiger partial charge < -0.3 is 4.74 Å². The molecule has 0 bridgehead atoms. The highest BCUT2D eigenvalue weighted by Crippen LogP contribution is 2.32. The molecule has 4 nitrogen and oxygen atoms in total. The van der Waals surface area contributed by atoms with Crippen LogP contribution in [0, 0.1) is 0 Å². The second kappa shape index (κ2) is 3.25. The molecule has 2 rings (SSSR count). The summed E-state index contributed by atoms with van der Waals surface area (Å²) in [6, 6.07) is 4.32. The summed E-state index contributed by atoms with van der Waals surface area (Å²) in [6.07, 6.45) is 1.61. The number of fused-ring (bicyclic) bond motifs is 1. The summed E-state index contributed by atoms with van der Waals surface area (Å²) in [5, 5.41) is 0. The maximum atomic E-state index is 11.0. The third-order valence-electron chi connectivity index (χ3n) is 1.76. The molecule has 0 unspecified atom stereocenters. The number of nitrogens with zero attached hydrogens (tertiary/aromatic N) is 1. The maximum absolute atomic E-state index is 11.0. The van der Waals surface area contributed by atoms with Crippen LogP contribution in [0.4, 0.5) is 5.69 Å². The van der Waals surface area contributed by atoms with Crippen molar-refractivity contribution in [2.75, 3.05) is 6.61 Å². The van der Waals surface area contributed by atoms with Gasteiger partial charge in [-0.1, -0.05) is 0 Å². The molecule has 0 atom stereocenters. The molecule has 0 aliphatic carbocycles. The number of ether oxygens (including phenoxy) is 1. The van der Waals surface area contributed by atoms with Gasteiger partial charge in [-0.05, 0) is 12.1 Å². The summed E-state index contributed by atoms with van der Waals surface area (Å²) in [4.78, 5) is 4.05. The molecule has 1 aromatic carbocycles. The highest BCUT2D eigenvalue weighted by atomic mass is 35.7. The molecule has 0 amide bonds. The number of halogens is 1. The van der Waals surface area contributed by atoms with E-state index in [9.17, 15) is 8.42 Å². The van der Waals surface area contributed by atoms with E-state index in [1.165, 1.54) is 12.1 Å². The molecule has 1 aromatic rings. The Morgan fingerprint density at radius 3 is 2.93 bits per heavy atom. The van der Waals surface area contributed by atoms with E-state index in [0.29, 0.717) is 18.0 Å². The van der Waals surface area contributed by atoms with E-state index in [2.05, 4.69) is 4.99 Å². The van der Waals surface area contributed by atoms with Crippen molar-refractivity contribution < 1.29 is 13.2 Å². The second-order valence-electron chi connectivity index (χ2n) is 2.69. The Kier molecular flexibility index (Phi) is 2.20. The number of hydrogen-bond donors (Lipinski definition) is 0. The summed E-state index contributed by atoms with van der Waals surface area (Å²) < 4.78 is 27.2. The van der Waals surface area contributed by atoms with Gasteiger partial charge in [0.15, 0.2) is 0 Å². The van der Waals surface area contributed by atoms with Crippen molar-refractivity contribution in [3.8, 4) is 5.75 Å². The van der Waals surface area contributed by atoms with Crippen LogP contribution in [0.3, 0.4) is 0 Å². The van der Waals surface area contributed by atoms with Crippen molar-refractivity contribution in [3.05, 3.63) is 18.2 Å². The van der Waals surface area contributed by atoms with Gasteiger partial charge in [-0.25, -0.2) is 8.42 Å². The number of hydrogen-bond acceptors (Lipinski definition) is 4. The Bertz CT molecular complexity index is 495. The van der Waals surface area contributed by atoms with Gasteiger partial charge in [0.05, 0.1) is 4.90 Å². The summed E-state index contributed by atoms with van der Waals surface area (Å²) >= 11 is 0. The molecule has 1 heterocycles. The molecule has 1 aliphatic heterocycles. The SMILES string of the molecule is O=S(=O)(Cl)c1ccc2c(c1)OCC=N2. The Hall–Kier alpha value is -1.07. The Balaban J connectivity index is 2.55. The van der Waals surface area contributed by atoms with Crippen LogP contribution in [-0.4, -0.2) is 21.2 Å². The summed E-state index contributed by atoms with van der Waals surface area (Å²) in [6.45, 7) is 0.346. The minimum absolute atomic E-state index is 0.0232. The fraction of sp³-hybridized carbons (Fsp3) is 0.125. The third kappa shape index (κ3) is 1.73. The maximum Gasteiger partial charge on any atom is 0.261 e. The zero-order chi connectivity index (χ0) is 10.2. The van der Waals surface area contributed by atoms with Gasteiger partial charge in [0.25, 0.3) is 9.05 Å². The summed E-state index contributed by atoms with van der Waals surface area (Å²) in [5.41, 5.74) is 0.611. The highest BCUT2D eigenvalue weighted by Gasteiger charge is 2.14. The number of rotatable bonds is 1. The minimum Gasteiger partial charge on any atom is -0.486 e. The predicted molar refractivity (Wildman–Crippen MR) is 53.1 cm³/mol. The fourth-order valence-electron chi connectivity index (χ4n) is 1.13. The van der Waals surface area contributed by atoms with Crippen LogP contribution in [0.2, 0.25) is 0 Å². The molecule has 0 N–H and O–H groups in total. The van der Waals surface area contributed by atoms with Gasteiger partial charge in [-0.3, -0.25) is 4.99 Å². The highest BCUT2D eigenvalue weighted by molar-refractivity contribution is 8.13. The molecule has 0 spiro atoms. The van der Waals surface area contributed by atoms with Crippen molar-refractivity contribution in [1.82, 2.24) is 0 Å². The molecular weight excluding hydrogens is 226 g/mol. The lowest BCUT2D eigenvalue weighted by Crippen LogP contribution is -2.03. The second-order valence-corrected chi connectivity index (χ2v) is 5.26. The van der Waals surface area contributed by atoms with Crippen LogP contribution in [-0.2, 0) is 9.05 Å². The average molecular weight is 232 g/mol. The third-order valence-corrected chi connectivity index (χ3v) is 3.11. The fourth-order valence-corrected chi connectivity index (χ4v) is 1.90. The quantitative estimate of drug-likeness (QED) is 0.692. The molecule has 14 heavy (non-hydrogen) atoms. The van der Waals surface area contributed by atoms with Gasteiger partial charge in [-0.15, -0.1) is 0 Å². The molecule has 0 saturated carbocycles. The summed E-state index contributed by atoms with van der Waals surface area (Å²) in [5.74, 6) is 0.439. The first-order chi connectivity index (χ1) is 6.57. The molecule has 1 aliphatic rings. The predicted octanol–water partition coefficient (Wildman–Crippen LogP) is 1.71. The van der Waals surface area contributed by atoms with Crippen molar-refractivity contribution in [2.45, 2.75) is 4.90 Å². The number of aliphatic imine (C=N–C) groups is 1. The molecule has 0 saturated heterocycles. The van der Waals surface area contributed by atoms with Crippen molar-refractivity contribution in [1.29, 1.82) is 0 Å². The lowest BCUT2D eigenvalue weighted by molar-refractivity contribution is 0.376. The van der Waals surface area contributed by atoms with Crippen LogP contribution in [0.5, 0.6) is 5.75 Å². The first-order valence-corrected chi connectivity index (χ1v) is 6.12. The Morgan fingerprint density at radius 2 is 2.21 bits per heavy atom. The van der Waals surface area contributed by atoms with E-state index in [1.54, 1.807) is 12.3 Å². The lowest BCUT2D eigenvalue weighted by Gasteiger charge is -2.11. The Morgan fingerprint density at radius 1 is 1.43 bits per heavy atom. The lowest BCUT2D eigenvalue weighted by atomic mass is 10.3. The zero-order valence-electron chi connectivity index (χ0n) is 6.97. The molecule has 6 heteroatoms. The first-order valence-electron chi connectivity index (χ1n) is 3.81. The molecule has 0 aromatic heterocycles. The van der Waals surface area contributed by atoms with Crippen LogP contribution >= 0.6 is 10.7 Å². The van der Waals surface area contributed by atoms with E-state index in [1.807, 2.05) is 0 Å². The van der Waals surface area contributed by atoms with Gasteiger partial charge in [0.1, 0.15) is 18.0 Å². The van der Waals surface area contributed by atoms with E-state index in [4.69, 9.17) is 15.4 Å². The summed E-state index contributed by atoms with van der Waals surface area (Å²) in [7, 11) is 1.48. The molecule has 74 valence electrons. The van der Waals surface area contributed by atoms with Gasteiger partial charge >= 0.3 is 0 Å². The monoisotopic (exact) mass is 231 g/mol. The Labute approximate surface area is 85.6 Å². The van der Waals surface area contributed by atoms with Crippen LogP contribution in [0.25, 0.3) is 0 Å². The van der Waals surface area contributed by atoms with Gasteiger partial charge in [0.2, 0.25) is 0 Å². The average Bonchev–Trinajstić information content (AvgIpc) is 2.16. The molecule has 0 radical (unpaired) electrons. The molecule has 0 fully saturated rings. The first kappa shape index (κ1) is 9.48. The van der Waals surface area contributed by atoms with Crippen LogP contribution < -0.4 is 4.74 Å². The van der Waals surface area contributed by atoms with Crippen molar-refractivity contribution in [3.63, 3.8) is 0 Å². The zero-order valence-corrected chi connectivity index (χ0v) is 8.55. The standard InChI is InChI=1S/C8H6ClNO3S/c9-14(11,12)6-1-2-7-8(5-6)13-4-3-10-7/h1-3,5H,4H2. The molecular formula is C8H6ClNO3S. The van der Waals surface area contributed by atoms with E-state index in [0.717, 1.165) is 0 Å². The van der Waals surface area contributed by atoms with E-state index < -0.39 is 9.05 Å². The largest absolute Gasteiger partial charge is 0.486 e. The van der Waals surface area contributed by atoms with Gasteiger partial charge in [-0.2, -0.15) is 0 Å². The number of benzene rings is 1.